The maximum atomic E-state index is 12.9. The highest BCUT2D eigenvalue weighted by molar-refractivity contribution is 6.04. The SMILES string of the molecule is CC[C@@H](Oc1cccc(C)c1C)C(=O)Nc1cc(C(=O)OC)ccc1C(=O)OC. The molecule has 7 nitrogen and oxygen atoms in total. The van der Waals surface area contributed by atoms with E-state index in [0.29, 0.717) is 12.2 Å². The Morgan fingerprint density at radius 3 is 2.31 bits per heavy atom. The molecule has 7 heteroatoms. The summed E-state index contributed by atoms with van der Waals surface area (Å²) in [6, 6.07) is 9.83. The topological polar surface area (TPSA) is 90.9 Å². The molecule has 0 aliphatic rings. The van der Waals surface area contributed by atoms with Crippen molar-refractivity contribution in [1.29, 1.82) is 0 Å². The number of amides is 1. The van der Waals surface area contributed by atoms with Crippen LogP contribution in [-0.4, -0.2) is 38.2 Å². The number of carbonyl (C=O) groups is 3. The van der Waals surface area contributed by atoms with Crippen LogP contribution in [0.4, 0.5) is 5.69 Å². The molecule has 0 bridgehead atoms. The lowest BCUT2D eigenvalue weighted by atomic mass is 10.1. The molecular weight excluding hydrogens is 374 g/mol. The molecule has 1 amide bonds. The van der Waals surface area contributed by atoms with Crippen molar-refractivity contribution >= 4 is 23.5 Å². The van der Waals surface area contributed by atoms with Crippen LogP contribution < -0.4 is 10.1 Å². The van der Waals surface area contributed by atoms with E-state index in [1.54, 1.807) is 6.07 Å². The van der Waals surface area contributed by atoms with Gasteiger partial charge >= 0.3 is 11.9 Å². The van der Waals surface area contributed by atoms with Crippen LogP contribution in [0.1, 0.15) is 45.2 Å². The molecule has 0 saturated heterocycles. The van der Waals surface area contributed by atoms with E-state index in [9.17, 15) is 14.4 Å². The number of nitrogens with one attached hydrogen (secondary N) is 1. The zero-order valence-corrected chi connectivity index (χ0v) is 17.2. The van der Waals surface area contributed by atoms with E-state index in [-0.39, 0.29) is 16.8 Å². The van der Waals surface area contributed by atoms with Crippen LogP contribution in [-0.2, 0) is 14.3 Å². The van der Waals surface area contributed by atoms with Gasteiger partial charge in [0, 0.05) is 0 Å². The predicted octanol–water partition coefficient (Wildman–Crippen LogP) is 3.67. The number of ether oxygens (including phenoxy) is 3. The molecule has 0 aliphatic carbocycles. The summed E-state index contributed by atoms with van der Waals surface area (Å²) < 4.78 is 15.4. The van der Waals surface area contributed by atoms with Gasteiger partial charge in [-0.2, -0.15) is 0 Å². The molecular formula is C22H25NO6. The van der Waals surface area contributed by atoms with E-state index in [1.807, 2.05) is 32.9 Å². The Balaban J connectivity index is 2.31. The minimum atomic E-state index is -0.789. The fourth-order valence-electron chi connectivity index (χ4n) is 2.72. The number of anilines is 1. The van der Waals surface area contributed by atoms with Gasteiger partial charge in [-0.25, -0.2) is 9.59 Å². The summed E-state index contributed by atoms with van der Waals surface area (Å²) in [7, 11) is 2.49. The molecule has 0 heterocycles. The third-order valence-electron chi connectivity index (χ3n) is 4.59. The first-order valence-corrected chi connectivity index (χ1v) is 9.16. The maximum absolute atomic E-state index is 12.9. The Kier molecular flexibility index (Phi) is 7.36. The monoisotopic (exact) mass is 399 g/mol. The van der Waals surface area contributed by atoms with Crippen LogP contribution in [0.5, 0.6) is 5.75 Å². The first kappa shape index (κ1) is 21.9. The van der Waals surface area contributed by atoms with E-state index in [2.05, 4.69) is 5.32 Å². The van der Waals surface area contributed by atoms with Gasteiger partial charge in [-0.3, -0.25) is 4.79 Å². The van der Waals surface area contributed by atoms with Gasteiger partial charge in [-0.1, -0.05) is 19.1 Å². The molecule has 1 N–H and O–H groups in total. The number of rotatable bonds is 7. The molecule has 0 fully saturated rings. The molecule has 154 valence electrons. The maximum Gasteiger partial charge on any atom is 0.339 e. The molecule has 0 aliphatic heterocycles. The van der Waals surface area contributed by atoms with Crippen LogP contribution in [0.3, 0.4) is 0 Å². The van der Waals surface area contributed by atoms with Crippen molar-refractivity contribution < 1.29 is 28.6 Å². The molecule has 29 heavy (non-hydrogen) atoms. The largest absolute Gasteiger partial charge is 0.480 e. The molecule has 0 saturated carbocycles. The van der Waals surface area contributed by atoms with E-state index in [1.165, 1.54) is 32.4 Å². The zero-order chi connectivity index (χ0) is 21.6. The standard InChI is InChI=1S/C22H25NO6/c1-6-18(29-19-9-7-8-13(2)14(19)3)20(24)23-17-12-15(21(25)27-4)10-11-16(17)22(26)28-5/h7-12,18H,6H2,1-5H3,(H,23,24)/t18-/m1/s1. The fourth-order valence-corrected chi connectivity index (χ4v) is 2.72. The number of aryl methyl sites for hydroxylation is 1. The van der Waals surface area contributed by atoms with Crippen molar-refractivity contribution in [3.05, 3.63) is 58.7 Å². The Labute approximate surface area is 170 Å². The molecule has 0 spiro atoms. The number of carbonyl (C=O) groups excluding carboxylic acids is 3. The average molecular weight is 399 g/mol. The third-order valence-corrected chi connectivity index (χ3v) is 4.59. The van der Waals surface area contributed by atoms with Crippen molar-refractivity contribution in [3.63, 3.8) is 0 Å². The molecule has 2 aromatic carbocycles. The van der Waals surface area contributed by atoms with Crippen molar-refractivity contribution in [3.8, 4) is 5.75 Å². The molecule has 2 aromatic rings. The van der Waals surface area contributed by atoms with Crippen molar-refractivity contribution in [2.24, 2.45) is 0 Å². The lowest BCUT2D eigenvalue weighted by molar-refractivity contribution is -0.122. The quantitative estimate of drug-likeness (QED) is 0.715. The first-order valence-electron chi connectivity index (χ1n) is 9.16. The third kappa shape index (κ3) is 5.13. The summed E-state index contributed by atoms with van der Waals surface area (Å²) in [5.74, 6) is -1.06. The number of benzene rings is 2. The summed E-state index contributed by atoms with van der Waals surface area (Å²) in [5, 5.41) is 2.68. The summed E-state index contributed by atoms with van der Waals surface area (Å²) in [4.78, 5) is 36.7. The van der Waals surface area contributed by atoms with Crippen molar-refractivity contribution in [1.82, 2.24) is 0 Å². The molecule has 2 rings (SSSR count). The normalized spacial score (nSPS) is 11.3. The van der Waals surface area contributed by atoms with Crippen LogP contribution in [0.25, 0.3) is 0 Å². The second-order valence-electron chi connectivity index (χ2n) is 6.45. The van der Waals surface area contributed by atoms with Gasteiger partial charge in [0.1, 0.15) is 5.75 Å². The molecule has 0 unspecified atom stereocenters. The smallest absolute Gasteiger partial charge is 0.339 e. The van der Waals surface area contributed by atoms with Crippen molar-refractivity contribution in [2.75, 3.05) is 19.5 Å². The van der Waals surface area contributed by atoms with Crippen LogP contribution in [0, 0.1) is 13.8 Å². The zero-order valence-electron chi connectivity index (χ0n) is 17.2. The first-order chi connectivity index (χ1) is 13.8. The molecule has 1 atom stereocenters. The van der Waals surface area contributed by atoms with Crippen molar-refractivity contribution in [2.45, 2.75) is 33.3 Å². The summed E-state index contributed by atoms with van der Waals surface area (Å²) >= 11 is 0. The van der Waals surface area contributed by atoms with Crippen LogP contribution in [0.2, 0.25) is 0 Å². The minimum Gasteiger partial charge on any atom is -0.480 e. The lowest BCUT2D eigenvalue weighted by Crippen LogP contribution is -2.33. The van der Waals surface area contributed by atoms with E-state index in [0.717, 1.165) is 11.1 Å². The van der Waals surface area contributed by atoms with E-state index < -0.39 is 23.9 Å². The van der Waals surface area contributed by atoms with Gasteiger partial charge < -0.3 is 19.5 Å². The second-order valence-corrected chi connectivity index (χ2v) is 6.45. The molecule has 0 radical (unpaired) electrons. The number of esters is 2. The van der Waals surface area contributed by atoms with Crippen LogP contribution >= 0.6 is 0 Å². The van der Waals surface area contributed by atoms with E-state index in [4.69, 9.17) is 14.2 Å². The van der Waals surface area contributed by atoms with Gasteiger partial charge in [-0.05, 0) is 55.7 Å². The van der Waals surface area contributed by atoms with Crippen LogP contribution in [0.15, 0.2) is 36.4 Å². The lowest BCUT2D eigenvalue weighted by Gasteiger charge is -2.20. The summed E-state index contributed by atoms with van der Waals surface area (Å²) in [5.41, 5.74) is 2.46. The van der Waals surface area contributed by atoms with Gasteiger partial charge in [0.25, 0.3) is 5.91 Å². The highest BCUT2D eigenvalue weighted by Crippen LogP contribution is 2.24. The Hall–Kier alpha value is -3.35. The van der Waals surface area contributed by atoms with Gasteiger partial charge in [0.15, 0.2) is 6.10 Å². The second kappa shape index (κ2) is 9.73. The summed E-state index contributed by atoms with van der Waals surface area (Å²) in [6.45, 7) is 5.70. The number of methoxy groups -OCH3 is 2. The minimum absolute atomic E-state index is 0.120. The predicted molar refractivity (Wildman–Crippen MR) is 108 cm³/mol. The Bertz CT molecular complexity index is 922. The average Bonchev–Trinajstić information content (AvgIpc) is 2.73. The van der Waals surface area contributed by atoms with Gasteiger partial charge in [0.2, 0.25) is 0 Å². The van der Waals surface area contributed by atoms with Gasteiger partial charge in [0.05, 0.1) is 31.0 Å². The highest BCUT2D eigenvalue weighted by Gasteiger charge is 2.23. The summed E-state index contributed by atoms with van der Waals surface area (Å²) in [6.07, 6.45) is -0.383. The van der Waals surface area contributed by atoms with E-state index >= 15 is 0 Å². The Morgan fingerprint density at radius 1 is 1.00 bits per heavy atom. The Morgan fingerprint density at radius 2 is 1.69 bits per heavy atom. The highest BCUT2D eigenvalue weighted by atomic mass is 16.5. The molecule has 0 aromatic heterocycles. The number of hydrogen-bond donors (Lipinski definition) is 1. The number of hydrogen-bond acceptors (Lipinski definition) is 6. The fraction of sp³-hybridized carbons (Fsp3) is 0.318. The van der Waals surface area contributed by atoms with Gasteiger partial charge in [-0.15, -0.1) is 0 Å².